The molecule has 1 aliphatic heterocycles. The number of carbonyl (C=O) groups excluding carboxylic acids is 1. The first-order valence-corrected chi connectivity index (χ1v) is 12.3. The molecule has 1 amide bonds. The highest BCUT2D eigenvalue weighted by Gasteiger charge is 2.27. The Labute approximate surface area is 179 Å². The molecule has 2 heterocycles. The molecule has 9 nitrogen and oxygen atoms in total. The van der Waals surface area contributed by atoms with Gasteiger partial charge in [0, 0.05) is 44.3 Å². The van der Waals surface area contributed by atoms with Gasteiger partial charge in [0.2, 0.25) is 10.0 Å². The molecule has 1 aliphatic rings. The van der Waals surface area contributed by atoms with Gasteiger partial charge in [0.05, 0.1) is 12.0 Å². The molecule has 0 unspecified atom stereocenters. The fourth-order valence-corrected chi connectivity index (χ4v) is 4.88. The minimum absolute atomic E-state index is 0.192. The fraction of sp³-hybridized carbons (Fsp3) is 0.700. The molecule has 0 bridgehead atoms. The first-order chi connectivity index (χ1) is 14.4. The van der Waals surface area contributed by atoms with Crippen LogP contribution in [-0.4, -0.2) is 69.1 Å². The number of nitrogens with one attached hydrogen (secondary N) is 3. The lowest BCUT2D eigenvalue weighted by Gasteiger charge is -2.32. The topological polar surface area (TPSA) is 116 Å². The summed E-state index contributed by atoms with van der Waals surface area (Å²) >= 11 is 0. The summed E-state index contributed by atoms with van der Waals surface area (Å²) < 4.78 is 31.2. The Kier molecular flexibility index (Phi) is 9.64. The summed E-state index contributed by atoms with van der Waals surface area (Å²) in [5, 5.41) is 9.47. The van der Waals surface area contributed by atoms with Crippen molar-refractivity contribution in [2.45, 2.75) is 52.5 Å². The van der Waals surface area contributed by atoms with Crippen molar-refractivity contribution in [2.75, 3.05) is 38.5 Å². The second-order valence-corrected chi connectivity index (χ2v) is 9.52. The van der Waals surface area contributed by atoms with E-state index in [0.29, 0.717) is 44.8 Å². The Balaban J connectivity index is 1.74. The summed E-state index contributed by atoms with van der Waals surface area (Å²) in [5.74, 6) is 1.07. The van der Waals surface area contributed by atoms with Gasteiger partial charge in [-0.15, -0.1) is 0 Å². The number of guanidine groups is 1. The number of nitrogens with zero attached hydrogens (tertiary/aromatic N) is 2. The molecule has 3 N–H and O–H groups in total. The molecule has 0 aliphatic carbocycles. The second-order valence-electron chi connectivity index (χ2n) is 7.44. The smallest absolute Gasteiger partial charge is 0.287 e. The number of carbonyl (C=O) groups is 1. The van der Waals surface area contributed by atoms with Crippen LogP contribution in [-0.2, 0) is 10.0 Å². The van der Waals surface area contributed by atoms with E-state index >= 15 is 0 Å². The van der Waals surface area contributed by atoms with E-state index < -0.39 is 10.0 Å². The Bertz CT molecular complexity index is 798. The predicted octanol–water partition coefficient (Wildman–Crippen LogP) is 1.47. The van der Waals surface area contributed by atoms with Crippen molar-refractivity contribution >= 4 is 21.9 Å². The lowest BCUT2D eigenvalue weighted by Crippen LogP contribution is -2.50. The zero-order valence-corrected chi connectivity index (χ0v) is 19.1. The zero-order valence-electron chi connectivity index (χ0n) is 18.2. The third-order valence-electron chi connectivity index (χ3n) is 4.95. The van der Waals surface area contributed by atoms with Gasteiger partial charge in [-0.2, -0.15) is 0 Å². The van der Waals surface area contributed by atoms with Crippen LogP contribution in [0.5, 0.6) is 0 Å². The predicted molar refractivity (Wildman–Crippen MR) is 118 cm³/mol. The summed E-state index contributed by atoms with van der Waals surface area (Å²) in [6.07, 6.45) is 4.36. The number of aryl methyl sites for hydroxylation is 1. The maximum absolute atomic E-state index is 12.2. The number of aliphatic imine (C=N–C) groups is 1. The van der Waals surface area contributed by atoms with E-state index in [-0.39, 0.29) is 17.7 Å². The summed E-state index contributed by atoms with van der Waals surface area (Å²) in [6, 6.07) is 1.95. The quantitative estimate of drug-likeness (QED) is 0.288. The van der Waals surface area contributed by atoms with E-state index in [1.54, 1.807) is 10.4 Å². The Morgan fingerprint density at radius 3 is 2.60 bits per heavy atom. The molecule has 170 valence electrons. The molecule has 0 aromatic carbocycles. The van der Waals surface area contributed by atoms with Crippen LogP contribution in [0.15, 0.2) is 21.7 Å². The minimum Gasteiger partial charge on any atom is -0.459 e. The summed E-state index contributed by atoms with van der Waals surface area (Å²) in [7, 11) is -3.12. The van der Waals surface area contributed by atoms with Crippen LogP contribution < -0.4 is 16.0 Å². The minimum atomic E-state index is -3.12. The van der Waals surface area contributed by atoms with E-state index in [9.17, 15) is 13.2 Å². The van der Waals surface area contributed by atoms with E-state index in [2.05, 4.69) is 20.9 Å². The van der Waals surface area contributed by atoms with Crippen LogP contribution in [0.2, 0.25) is 0 Å². The van der Waals surface area contributed by atoms with Crippen molar-refractivity contribution in [3.63, 3.8) is 0 Å². The van der Waals surface area contributed by atoms with E-state index in [1.807, 2.05) is 20.8 Å². The van der Waals surface area contributed by atoms with Gasteiger partial charge in [-0.25, -0.2) is 12.7 Å². The average molecular weight is 442 g/mol. The highest BCUT2D eigenvalue weighted by molar-refractivity contribution is 7.89. The first kappa shape index (κ1) is 24.2. The second kappa shape index (κ2) is 11.9. The lowest BCUT2D eigenvalue weighted by molar-refractivity contribution is 0.0925. The van der Waals surface area contributed by atoms with Gasteiger partial charge < -0.3 is 20.4 Å². The third kappa shape index (κ3) is 7.32. The van der Waals surface area contributed by atoms with Gasteiger partial charge in [0.1, 0.15) is 0 Å². The van der Waals surface area contributed by atoms with E-state index in [4.69, 9.17) is 4.42 Å². The molecule has 2 rings (SSSR count). The van der Waals surface area contributed by atoms with Crippen LogP contribution in [0.25, 0.3) is 0 Å². The van der Waals surface area contributed by atoms with Gasteiger partial charge in [-0.1, -0.05) is 6.92 Å². The van der Waals surface area contributed by atoms with Crippen molar-refractivity contribution < 1.29 is 17.6 Å². The molecule has 0 saturated carbocycles. The summed E-state index contributed by atoms with van der Waals surface area (Å²) in [6.45, 7) is 8.61. The Hall–Kier alpha value is -2.07. The third-order valence-corrected chi connectivity index (χ3v) is 7.03. The van der Waals surface area contributed by atoms with Crippen molar-refractivity contribution in [2.24, 2.45) is 4.99 Å². The number of hydrogen-bond acceptors (Lipinski definition) is 5. The summed E-state index contributed by atoms with van der Waals surface area (Å²) in [4.78, 5) is 16.6. The van der Waals surface area contributed by atoms with Crippen molar-refractivity contribution in [3.8, 4) is 0 Å². The van der Waals surface area contributed by atoms with Crippen LogP contribution in [0, 0.1) is 6.92 Å². The monoisotopic (exact) mass is 441 g/mol. The van der Waals surface area contributed by atoms with Gasteiger partial charge in [-0.05, 0) is 45.6 Å². The normalized spacial score (nSPS) is 16.4. The SMILES string of the molecule is CCCS(=O)(=O)N1CCC(NC(=NCCCNC(=O)c2occc2C)NCC)CC1. The number of rotatable bonds is 10. The molecular formula is C20H35N5O4S. The molecule has 0 atom stereocenters. The van der Waals surface area contributed by atoms with Crippen molar-refractivity contribution in [3.05, 3.63) is 23.7 Å². The number of furan rings is 1. The molecule has 0 spiro atoms. The highest BCUT2D eigenvalue weighted by atomic mass is 32.2. The van der Waals surface area contributed by atoms with Gasteiger partial charge >= 0.3 is 0 Å². The lowest BCUT2D eigenvalue weighted by atomic mass is 10.1. The number of piperidine rings is 1. The number of sulfonamides is 1. The average Bonchev–Trinajstić information content (AvgIpc) is 3.14. The molecule has 1 aromatic heterocycles. The molecule has 1 saturated heterocycles. The molecular weight excluding hydrogens is 406 g/mol. The zero-order chi connectivity index (χ0) is 22.0. The maximum atomic E-state index is 12.2. The van der Waals surface area contributed by atoms with Crippen molar-refractivity contribution in [1.82, 2.24) is 20.3 Å². The van der Waals surface area contributed by atoms with Gasteiger partial charge in [0.25, 0.3) is 5.91 Å². The first-order valence-electron chi connectivity index (χ1n) is 10.7. The number of hydrogen-bond donors (Lipinski definition) is 3. The molecule has 10 heteroatoms. The van der Waals surface area contributed by atoms with E-state index in [1.165, 1.54) is 6.26 Å². The molecule has 30 heavy (non-hydrogen) atoms. The maximum Gasteiger partial charge on any atom is 0.287 e. The van der Waals surface area contributed by atoms with E-state index in [0.717, 1.165) is 30.9 Å². The van der Waals surface area contributed by atoms with Gasteiger partial charge in [-0.3, -0.25) is 9.79 Å². The van der Waals surface area contributed by atoms with Crippen LogP contribution in [0.3, 0.4) is 0 Å². The van der Waals surface area contributed by atoms with Crippen LogP contribution in [0.1, 0.15) is 55.6 Å². The van der Waals surface area contributed by atoms with Crippen LogP contribution >= 0.6 is 0 Å². The molecule has 1 fully saturated rings. The highest BCUT2D eigenvalue weighted by Crippen LogP contribution is 2.15. The van der Waals surface area contributed by atoms with Gasteiger partial charge in [0.15, 0.2) is 11.7 Å². The molecule has 0 radical (unpaired) electrons. The number of amides is 1. The Morgan fingerprint density at radius 1 is 1.27 bits per heavy atom. The van der Waals surface area contributed by atoms with Crippen molar-refractivity contribution in [1.29, 1.82) is 0 Å². The Morgan fingerprint density at radius 2 is 2.00 bits per heavy atom. The standard InChI is InChI=1S/C20H35N5O4S/c1-4-15-30(27,28)25-12-7-17(8-13-25)24-20(21-5-2)23-11-6-10-22-19(26)18-16(3)9-14-29-18/h9,14,17H,4-8,10-13,15H2,1-3H3,(H,22,26)(H2,21,23,24). The fourth-order valence-electron chi connectivity index (χ4n) is 3.34. The molecule has 1 aromatic rings. The summed E-state index contributed by atoms with van der Waals surface area (Å²) in [5.41, 5.74) is 0.817. The largest absolute Gasteiger partial charge is 0.459 e. The van der Waals surface area contributed by atoms with Crippen LogP contribution in [0.4, 0.5) is 0 Å².